The van der Waals surface area contributed by atoms with Crippen LogP contribution in [0.4, 0.5) is 0 Å². The molecule has 4 rings (SSSR count). The number of aromatic carboxylic acids is 1. The molecule has 0 saturated carbocycles. The van der Waals surface area contributed by atoms with Gasteiger partial charge in [-0.1, -0.05) is 23.7 Å². The Hall–Kier alpha value is -3.46. The zero-order chi connectivity index (χ0) is 19.1. The third-order valence-corrected chi connectivity index (χ3v) is 4.38. The molecule has 0 amide bonds. The van der Waals surface area contributed by atoms with E-state index in [1.807, 2.05) is 25.1 Å². The summed E-state index contributed by atoms with van der Waals surface area (Å²) in [6, 6.07) is 7.13. The smallest absolute Gasteiger partial charge is 0.338 e. The van der Waals surface area contributed by atoms with Crippen LogP contribution in [-0.4, -0.2) is 45.7 Å². The molecule has 10 heteroatoms. The van der Waals surface area contributed by atoms with Gasteiger partial charge in [0.2, 0.25) is 5.88 Å². The maximum absolute atomic E-state index is 11.0. The number of hydrogen-bond donors (Lipinski definition) is 2. The van der Waals surface area contributed by atoms with Gasteiger partial charge in [0.15, 0.2) is 0 Å². The largest absolute Gasteiger partial charge is 0.492 e. The van der Waals surface area contributed by atoms with E-state index in [1.54, 1.807) is 10.7 Å². The fourth-order valence-electron chi connectivity index (χ4n) is 2.78. The van der Waals surface area contributed by atoms with E-state index in [9.17, 15) is 9.90 Å². The molecule has 0 spiro atoms. The average molecular weight is 385 g/mol. The number of halogens is 1. The average Bonchev–Trinajstić information content (AvgIpc) is 3.28. The summed E-state index contributed by atoms with van der Waals surface area (Å²) in [6.07, 6.45) is 3.95. The third-order valence-electron chi connectivity index (χ3n) is 4.15. The Bertz CT molecular complexity index is 1170. The molecular formula is C17H13ClN6O3. The van der Waals surface area contributed by atoms with E-state index < -0.39 is 5.97 Å². The topological polar surface area (TPSA) is 119 Å². The normalized spacial score (nSPS) is 12.4. The van der Waals surface area contributed by atoms with E-state index in [0.29, 0.717) is 16.1 Å². The van der Waals surface area contributed by atoms with Crippen molar-refractivity contribution in [3.05, 3.63) is 59.0 Å². The molecule has 1 atom stereocenters. The molecule has 9 nitrogen and oxygen atoms in total. The lowest BCUT2D eigenvalue weighted by Crippen LogP contribution is -2.09. The SMILES string of the molecule is C[C@@H](c1cccc(Cl)c1)n1ncc2nc(-n3cc(C(=O)O)cn3)nc(O)c21. The fraction of sp³-hybridized carbons (Fsp3) is 0.118. The van der Waals surface area contributed by atoms with Gasteiger partial charge >= 0.3 is 5.97 Å². The van der Waals surface area contributed by atoms with E-state index in [-0.39, 0.29) is 23.4 Å². The zero-order valence-electron chi connectivity index (χ0n) is 14.0. The molecule has 27 heavy (non-hydrogen) atoms. The summed E-state index contributed by atoms with van der Waals surface area (Å²) in [5, 5.41) is 28.3. The van der Waals surface area contributed by atoms with Crippen molar-refractivity contribution in [3.8, 4) is 11.8 Å². The zero-order valence-corrected chi connectivity index (χ0v) is 14.7. The minimum atomic E-state index is -1.12. The van der Waals surface area contributed by atoms with Crippen molar-refractivity contribution in [1.29, 1.82) is 0 Å². The molecule has 3 heterocycles. The molecule has 0 aliphatic carbocycles. The number of aromatic hydroxyl groups is 1. The quantitative estimate of drug-likeness (QED) is 0.555. The summed E-state index contributed by atoms with van der Waals surface area (Å²) >= 11 is 6.06. The van der Waals surface area contributed by atoms with Crippen molar-refractivity contribution < 1.29 is 15.0 Å². The highest BCUT2D eigenvalue weighted by atomic mass is 35.5. The van der Waals surface area contributed by atoms with Crippen molar-refractivity contribution in [3.63, 3.8) is 0 Å². The summed E-state index contributed by atoms with van der Waals surface area (Å²) < 4.78 is 2.78. The first-order chi connectivity index (χ1) is 12.9. The lowest BCUT2D eigenvalue weighted by atomic mass is 10.1. The minimum Gasteiger partial charge on any atom is -0.492 e. The Labute approximate surface area is 157 Å². The molecule has 2 N–H and O–H groups in total. The maximum Gasteiger partial charge on any atom is 0.338 e. The Morgan fingerprint density at radius 1 is 1.22 bits per heavy atom. The van der Waals surface area contributed by atoms with Crippen LogP contribution in [0.5, 0.6) is 5.88 Å². The van der Waals surface area contributed by atoms with Gasteiger partial charge in [0.25, 0.3) is 5.95 Å². The molecule has 4 aromatic rings. The van der Waals surface area contributed by atoms with Crippen molar-refractivity contribution in [2.24, 2.45) is 0 Å². The fourth-order valence-corrected chi connectivity index (χ4v) is 2.98. The molecule has 136 valence electrons. The van der Waals surface area contributed by atoms with Crippen LogP contribution in [0.3, 0.4) is 0 Å². The molecule has 3 aromatic heterocycles. The van der Waals surface area contributed by atoms with Gasteiger partial charge in [-0.15, -0.1) is 0 Å². The lowest BCUT2D eigenvalue weighted by Gasteiger charge is -2.14. The first-order valence-electron chi connectivity index (χ1n) is 7.92. The number of carbonyl (C=O) groups is 1. The first-order valence-corrected chi connectivity index (χ1v) is 8.30. The van der Waals surface area contributed by atoms with Crippen LogP contribution in [0.1, 0.15) is 28.9 Å². The Morgan fingerprint density at radius 2 is 2.04 bits per heavy atom. The molecule has 0 fully saturated rings. The number of nitrogens with zero attached hydrogens (tertiary/aromatic N) is 6. The van der Waals surface area contributed by atoms with Crippen molar-refractivity contribution in [2.45, 2.75) is 13.0 Å². The van der Waals surface area contributed by atoms with Crippen LogP contribution >= 0.6 is 11.6 Å². The van der Waals surface area contributed by atoms with Crippen LogP contribution in [0.25, 0.3) is 17.0 Å². The van der Waals surface area contributed by atoms with E-state index >= 15 is 0 Å². The first kappa shape index (κ1) is 17.0. The Morgan fingerprint density at radius 3 is 2.74 bits per heavy atom. The van der Waals surface area contributed by atoms with Gasteiger partial charge in [-0.3, -0.25) is 4.68 Å². The number of hydrogen-bond acceptors (Lipinski definition) is 6. The highest BCUT2D eigenvalue weighted by molar-refractivity contribution is 6.30. The standard InChI is InChI=1S/C17H13ClN6O3/c1-9(10-3-2-4-12(18)5-10)24-14-13(7-20-24)21-17(22-15(14)25)23-8-11(6-19-23)16(26)27/h2-9H,1H3,(H,26,27)(H,21,22,25)/t9-/m0/s1. The van der Waals surface area contributed by atoms with Crippen LogP contribution < -0.4 is 0 Å². The predicted molar refractivity (Wildman–Crippen MR) is 96.3 cm³/mol. The van der Waals surface area contributed by atoms with Crippen molar-refractivity contribution >= 4 is 28.6 Å². The van der Waals surface area contributed by atoms with Crippen molar-refractivity contribution in [2.75, 3.05) is 0 Å². The van der Waals surface area contributed by atoms with Crippen LogP contribution in [-0.2, 0) is 0 Å². The summed E-state index contributed by atoms with van der Waals surface area (Å²) in [5.74, 6) is -1.36. The van der Waals surface area contributed by atoms with Gasteiger partial charge < -0.3 is 10.2 Å². The van der Waals surface area contributed by atoms with Gasteiger partial charge in [0, 0.05) is 11.2 Å². The number of fused-ring (bicyclic) bond motifs is 1. The second-order valence-corrected chi connectivity index (χ2v) is 6.32. The molecule has 1 aromatic carbocycles. The van der Waals surface area contributed by atoms with Gasteiger partial charge in [-0.25, -0.2) is 14.5 Å². The highest BCUT2D eigenvalue weighted by Gasteiger charge is 2.19. The monoisotopic (exact) mass is 384 g/mol. The number of benzene rings is 1. The van der Waals surface area contributed by atoms with Crippen molar-refractivity contribution in [1.82, 2.24) is 29.5 Å². The summed E-state index contributed by atoms with van der Waals surface area (Å²) in [4.78, 5) is 19.4. The molecule has 0 bridgehead atoms. The molecule has 0 saturated heterocycles. The third kappa shape index (κ3) is 2.97. The Kier molecular flexibility index (Phi) is 4.00. The summed E-state index contributed by atoms with van der Waals surface area (Å²) in [5.41, 5.74) is 1.66. The highest BCUT2D eigenvalue weighted by Crippen LogP contribution is 2.28. The Balaban J connectivity index is 1.78. The van der Waals surface area contributed by atoms with Crippen LogP contribution in [0, 0.1) is 0 Å². The molecular weight excluding hydrogens is 372 g/mol. The maximum atomic E-state index is 11.0. The molecule has 0 radical (unpaired) electrons. The van der Waals surface area contributed by atoms with Crippen LogP contribution in [0.2, 0.25) is 5.02 Å². The minimum absolute atomic E-state index is 0.0107. The molecule has 0 aliphatic rings. The number of carboxylic acids is 1. The van der Waals surface area contributed by atoms with Gasteiger partial charge in [0.05, 0.1) is 24.0 Å². The van der Waals surface area contributed by atoms with E-state index in [4.69, 9.17) is 16.7 Å². The van der Waals surface area contributed by atoms with E-state index in [2.05, 4.69) is 20.2 Å². The van der Waals surface area contributed by atoms with Gasteiger partial charge in [-0.2, -0.15) is 15.2 Å². The molecule has 0 aliphatic heterocycles. The predicted octanol–water partition coefficient (Wildman–Crippen LogP) is 2.68. The molecule has 0 unspecified atom stereocenters. The second-order valence-electron chi connectivity index (χ2n) is 5.88. The van der Waals surface area contributed by atoms with Crippen LogP contribution in [0.15, 0.2) is 42.9 Å². The second kappa shape index (κ2) is 6.36. The number of carboxylic acid groups (broad SMARTS) is 1. The number of rotatable bonds is 4. The van der Waals surface area contributed by atoms with E-state index in [1.165, 1.54) is 23.3 Å². The number of aromatic nitrogens is 6. The summed E-state index contributed by atoms with van der Waals surface area (Å²) in [7, 11) is 0. The van der Waals surface area contributed by atoms with E-state index in [0.717, 1.165) is 5.56 Å². The van der Waals surface area contributed by atoms with Gasteiger partial charge in [-0.05, 0) is 24.6 Å². The summed E-state index contributed by atoms with van der Waals surface area (Å²) in [6.45, 7) is 1.91. The lowest BCUT2D eigenvalue weighted by molar-refractivity contribution is 0.0697. The van der Waals surface area contributed by atoms with Gasteiger partial charge in [0.1, 0.15) is 11.0 Å².